The zero-order chi connectivity index (χ0) is 10.6. The third kappa shape index (κ3) is 2.86. The highest BCUT2D eigenvalue weighted by molar-refractivity contribution is 5.31. The van der Waals surface area contributed by atoms with E-state index in [0.717, 1.165) is 0 Å². The van der Waals surface area contributed by atoms with Crippen molar-refractivity contribution in [2.45, 2.75) is 26.2 Å². The average Bonchev–Trinajstić information content (AvgIpc) is 2.14. The van der Waals surface area contributed by atoms with E-state index >= 15 is 0 Å². The minimum Gasteiger partial charge on any atom is -0.384 e. The maximum atomic E-state index is 8.51. The van der Waals surface area contributed by atoms with Crippen LogP contribution in [0.1, 0.15) is 32.0 Å². The maximum Gasteiger partial charge on any atom is 0.113 e. The summed E-state index contributed by atoms with van der Waals surface area (Å²) in [5.74, 6) is 5.33. The van der Waals surface area contributed by atoms with Gasteiger partial charge in [-0.2, -0.15) is 0 Å². The van der Waals surface area contributed by atoms with Crippen molar-refractivity contribution in [3.63, 3.8) is 0 Å². The fourth-order valence-electron chi connectivity index (χ4n) is 1.04. The third-order valence-corrected chi connectivity index (χ3v) is 1.93. The fourth-order valence-corrected chi connectivity index (χ4v) is 1.04. The van der Waals surface area contributed by atoms with Gasteiger partial charge in [0, 0.05) is 6.20 Å². The van der Waals surface area contributed by atoms with Gasteiger partial charge in [0.05, 0.1) is 0 Å². The minimum atomic E-state index is -0.122. The molecule has 0 aromatic carbocycles. The van der Waals surface area contributed by atoms with Crippen molar-refractivity contribution in [2.75, 3.05) is 6.61 Å². The number of aliphatic hydroxyl groups is 1. The molecule has 1 aromatic rings. The molecule has 0 spiro atoms. The van der Waals surface area contributed by atoms with Gasteiger partial charge in [-0.3, -0.25) is 0 Å². The summed E-state index contributed by atoms with van der Waals surface area (Å²) in [5, 5.41) is 8.51. The predicted octanol–water partition coefficient (Wildman–Crippen LogP) is 1.72. The second-order valence-corrected chi connectivity index (χ2v) is 4.14. The molecule has 0 atom stereocenters. The Bertz CT molecular complexity index is 349. The van der Waals surface area contributed by atoms with E-state index in [1.807, 2.05) is 18.3 Å². The predicted molar refractivity (Wildman–Crippen MR) is 56.9 cm³/mol. The molecule has 2 nitrogen and oxygen atoms in total. The van der Waals surface area contributed by atoms with Gasteiger partial charge in [0.1, 0.15) is 12.3 Å². The largest absolute Gasteiger partial charge is 0.384 e. The first-order valence-electron chi connectivity index (χ1n) is 4.60. The second-order valence-electron chi connectivity index (χ2n) is 4.14. The Balaban J connectivity index is 2.89. The summed E-state index contributed by atoms with van der Waals surface area (Å²) in [7, 11) is 0. The number of rotatable bonds is 0. The van der Waals surface area contributed by atoms with Crippen molar-refractivity contribution < 1.29 is 5.11 Å². The lowest BCUT2D eigenvalue weighted by molar-refractivity contribution is 0.350. The number of aromatic nitrogens is 1. The molecule has 0 amide bonds. The van der Waals surface area contributed by atoms with Crippen LogP contribution in [-0.4, -0.2) is 16.7 Å². The molecule has 0 saturated carbocycles. The first-order valence-corrected chi connectivity index (χ1v) is 4.60. The van der Waals surface area contributed by atoms with Gasteiger partial charge in [0.2, 0.25) is 0 Å². The summed E-state index contributed by atoms with van der Waals surface area (Å²) in [5.41, 5.74) is 2.01. The van der Waals surface area contributed by atoms with Crippen molar-refractivity contribution in [3.8, 4) is 11.8 Å². The molecule has 1 N–H and O–H groups in total. The van der Waals surface area contributed by atoms with Crippen LogP contribution in [0.15, 0.2) is 18.3 Å². The van der Waals surface area contributed by atoms with Crippen molar-refractivity contribution in [3.05, 3.63) is 29.6 Å². The number of pyridine rings is 1. The smallest absolute Gasteiger partial charge is 0.113 e. The molecule has 0 bridgehead atoms. The third-order valence-electron chi connectivity index (χ3n) is 1.93. The van der Waals surface area contributed by atoms with Crippen molar-refractivity contribution >= 4 is 0 Å². The molecule has 0 aliphatic rings. The first kappa shape index (κ1) is 10.7. The molecule has 1 aromatic heterocycles. The molecule has 0 fully saturated rings. The van der Waals surface area contributed by atoms with Crippen LogP contribution in [0.25, 0.3) is 0 Å². The molecule has 0 radical (unpaired) electrons. The van der Waals surface area contributed by atoms with E-state index in [1.165, 1.54) is 5.56 Å². The van der Waals surface area contributed by atoms with Crippen LogP contribution < -0.4 is 0 Å². The van der Waals surface area contributed by atoms with E-state index in [9.17, 15) is 0 Å². The summed E-state index contributed by atoms with van der Waals surface area (Å²) in [6.07, 6.45) is 1.83. The van der Waals surface area contributed by atoms with Crippen molar-refractivity contribution in [1.82, 2.24) is 4.98 Å². The quantitative estimate of drug-likeness (QED) is 0.630. The standard InChI is InChI=1S/C12H15NO/c1-12(2,3)10-6-7-11(13-9-10)5-4-8-14/h6-7,9,14H,8H2,1-3H3. The van der Waals surface area contributed by atoms with Crippen LogP contribution in [-0.2, 0) is 5.41 Å². The van der Waals surface area contributed by atoms with Crippen LogP contribution in [0.5, 0.6) is 0 Å². The molecule has 0 saturated heterocycles. The van der Waals surface area contributed by atoms with E-state index in [0.29, 0.717) is 5.69 Å². The Morgan fingerprint density at radius 3 is 2.50 bits per heavy atom. The van der Waals surface area contributed by atoms with Crippen LogP contribution >= 0.6 is 0 Å². The summed E-state index contributed by atoms with van der Waals surface area (Å²) < 4.78 is 0. The number of hydrogen-bond acceptors (Lipinski definition) is 2. The second kappa shape index (κ2) is 4.26. The van der Waals surface area contributed by atoms with E-state index in [1.54, 1.807) is 0 Å². The van der Waals surface area contributed by atoms with Crippen LogP contribution in [0, 0.1) is 11.8 Å². The van der Waals surface area contributed by atoms with Gasteiger partial charge in [-0.05, 0) is 23.0 Å². The fraction of sp³-hybridized carbons (Fsp3) is 0.417. The Morgan fingerprint density at radius 2 is 2.07 bits per heavy atom. The highest BCUT2D eigenvalue weighted by Crippen LogP contribution is 2.20. The summed E-state index contributed by atoms with van der Waals surface area (Å²) >= 11 is 0. The Labute approximate surface area is 85.0 Å². The van der Waals surface area contributed by atoms with Crippen molar-refractivity contribution in [2.24, 2.45) is 0 Å². The zero-order valence-electron chi connectivity index (χ0n) is 8.83. The summed E-state index contributed by atoms with van der Waals surface area (Å²) in [4.78, 5) is 4.20. The Kier molecular flexibility index (Phi) is 3.27. The lowest BCUT2D eigenvalue weighted by Crippen LogP contribution is -2.11. The monoisotopic (exact) mass is 189 g/mol. The summed E-state index contributed by atoms with van der Waals surface area (Å²) in [6, 6.07) is 3.90. The topological polar surface area (TPSA) is 33.1 Å². The van der Waals surface area contributed by atoms with Gasteiger partial charge < -0.3 is 5.11 Å². The van der Waals surface area contributed by atoms with Gasteiger partial charge in [-0.25, -0.2) is 4.98 Å². The van der Waals surface area contributed by atoms with E-state index in [2.05, 4.69) is 37.6 Å². The molecular formula is C12H15NO. The first-order chi connectivity index (χ1) is 6.54. The minimum absolute atomic E-state index is 0.121. The lowest BCUT2D eigenvalue weighted by atomic mass is 9.88. The van der Waals surface area contributed by atoms with Gasteiger partial charge in [-0.15, -0.1) is 0 Å². The lowest BCUT2D eigenvalue weighted by Gasteiger charge is -2.17. The highest BCUT2D eigenvalue weighted by Gasteiger charge is 2.12. The van der Waals surface area contributed by atoms with Crippen molar-refractivity contribution in [1.29, 1.82) is 0 Å². The molecular weight excluding hydrogens is 174 g/mol. The Morgan fingerprint density at radius 1 is 1.36 bits per heavy atom. The van der Waals surface area contributed by atoms with Crippen LogP contribution in [0.4, 0.5) is 0 Å². The van der Waals surface area contributed by atoms with Crippen LogP contribution in [0.3, 0.4) is 0 Å². The molecule has 2 heteroatoms. The maximum absolute atomic E-state index is 8.51. The molecule has 0 unspecified atom stereocenters. The SMILES string of the molecule is CC(C)(C)c1ccc(C#CCO)nc1. The normalized spacial score (nSPS) is 10.6. The van der Waals surface area contributed by atoms with Gasteiger partial charge in [0.15, 0.2) is 0 Å². The van der Waals surface area contributed by atoms with Gasteiger partial charge in [0.25, 0.3) is 0 Å². The molecule has 14 heavy (non-hydrogen) atoms. The molecule has 0 aliphatic heterocycles. The van der Waals surface area contributed by atoms with Gasteiger partial charge >= 0.3 is 0 Å². The Hall–Kier alpha value is -1.33. The van der Waals surface area contributed by atoms with Gasteiger partial charge in [-0.1, -0.05) is 32.8 Å². The molecule has 1 rings (SSSR count). The molecule has 74 valence electrons. The van der Waals surface area contributed by atoms with E-state index in [4.69, 9.17) is 5.11 Å². The van der Waals surface area contributed by atoms with E-state index in [-0.39, 0.29) is 12.0 Å². The molecule has 1 heterocycles. The average molecular weight is 189 g/mol. The number of nitrogens with zero attached hydrogens (tertiary/aromatic N) is 1. The molecule has 0 aliphatic carbocycles. The highest BCUT2D eigenvalue weighted by atomic mass is 16.2. The van der Waals surface area contributed by atoms with E-state index < -0.39 is 0 Å². The van der Waals surface area contributed by atoms with Crippen LogP contribution in [0.2, 0.25) is 0 Å². The number of aliphatic hydroxyl groups excluding tert-OH is 1. The number of hydrogen-bond donors (Lipinski definition) is 1. The zero-order valence-corrected chi connectivity index (χ0v) is 8.83. The summed E-state index contributed by atoms with van der Waals surface area (Å²) in [6.45, 7) is 6.30.